The van der Waals surface area contributed by atoms with E-state index in [0.717, 1.165) is 16.5 Å². The molecule has 4 nitrogen and oxygen atoms in total. The molecule has 0 radical (unpaired) electrons. The monoisotopic (exact) mass is 350 g/mol. The number of benzene rings is 1. The lowest BCUT2D eigenvalue weighted by Crippen LogP contribution is -2.47. The van der Waals surface area contributed by atoms with Crippen molar-refractivity contribution in [2.24, 2.45) is 5.73 Å². The molecule has 0 bridgehead atoms. The van der Waals surface area contributed by atoms with E-state index < -0.39 is 6.04 Å². The Balaban J connectivity index is 0.00000324. The zero-order valence-electron chi connectivity index (χ0n) is 11.1. The molecule has 3 N–H and O–H groups in total. The first kappa shape index (κ1) is 18.4. The average Bonchev–Trinajstić information content (AvgIpc) is 2.28. The number of carbonyl (C=O) groups excluding carboxylic acids is 1. The van der Waals surface area contributed by atoms with E-state index in [0.29, 0.717) is 0 Å². The Morgan fingerprint density at radius 2 is 2.21 bits per heavy atom. The molecule has 2 atom stereocenters. The lowest BCUT2D eigenvalue weighted by atomic mass is 10.1. The summed E-state index contributed by atoms with van der Waals surface area (Å²) in [5.74, 6) is -0.181. The number of halogens is 2. The van der Waals surface area contributed by atoms with Crippen molar-refractivity contribution in [2.45, 2.75) is 25.4 Å². The maximum Gasteiger partial charge on any atom is 0.239 e. The SMILES string of the molecule is COCC(N)C(=O)NC(C)Cc1cccc(Br)c1.Cl. The van der Waals surface area contributed by atoms with Crippen LogP contribution in [0.5, 0.6) is 0 Å². The van der Waals surface area contributed by atoms with Gasteiger partial charge in [0.05, 0.1) is 6.61 Å². The van der Waals surface area contributed by atoms with Crippen LogP contribution in [0.3, 0.4) is 0 Å². The van der Waals surface area contributed by atoms with E-state index >= 15 is 0 Å². The van der Waals surface area contributed by atoms with E-state index in [4.69, 9.17) is 10.5 Å². The van der Waals surface area contributed by atoms with Gasteiger partial charge in [-0.3, -0.25) is 4.79 Å². The van der Waals surface area contributed by atoms with Crippen LogP contribution in [-0.2, 0) is 16.0 Å². The molecule has 0 aliphatic rings. The summed E-state index contributed by atoms with van der Waals surface area (Å²) in [6, 6.07) is 7.45. The van der Waals surface area contributed by atoms with Crippen molar-refractivity contribution in [3.05, 3.63) is 34.3 Å². The summed E-state index contributed by atoms with van der Waals surface area (Å²) in [5, 5.41) is 2.87. The summed E-state index contributed by atoms with van der Waals surface area (Å²) < 4.78 is 5.88. The van der Waals surface area contributed by atoms with Gasteiger partial charge in [-0.05, 0) is 31.0 Å². The molecule has 1 rings (SSSR count). The van der Waals surface area contributed by atoms with Crippen LogP contribution in [-0.4, -0.2) is 31.7 Å². The number of rotatable bonds is 6. The number of nitrogens with one attached hydrogen (secondary N) is 1. The van der Waals surface area contributed by atoms with Gasteiger partial charge in [0.25, 0.3) is 0 Å². The second-order valence-corrected chi connectivity index (χ2v) is 5.22. The Kier molecular flexibility index (Phi) is 9.01. The molecule has 0 heterocycles. The molecule has 1 aromatic rings. The van der Waals surface area contributed by atoms with Gasteiger partial charge in [-0.15, -0.1) is 12.4 Å². The maximum atomic E-state index is 11.7. The van der Waals surface area contributed by atoms with Crippen molar-refractivity contribution in [1.82, 2.24) is 5.32 Å². The summed E-state index contributed by atoms with van der Waals surface area (Å²) in [6.45, 7) is 2.19. The fraction of sp³-hybridized carbons (Fsp3) is 0.462. The largest absolute Gasteiger partial charge is 0.383 e. The normalized spacial score (nSPS) is 13.3. The minimum Gasteiger partial charge on any atom is -0.383 e. The van der Waals surface area contributed by atoms with Crippen molar-refractivity contribution in [3.8, 4) is 0 Å². The molecule has 108 valence electrons. The Morgan fingerprint density at radius 3 is 2.79 bits per heavy atom. The van der Waals surface area contributed by atoms with Crippen LogP contribution in [0.25, 0.3) is 0 Å². The molecular formula is C13H20BrClN2O2. The van der Waals surface area contributed by atoms with E-state index in [9.17, 15) is 4.79 Å². The van der Waals surface area contributed by atoms with Crippen LogP contribution >= 0.6 is 28.3 Å². The third-order valence-corrected chi connectivity index (χ3v) is 3.00. The van der Waals surface area contributed by atoms with E-state index in [2.05, 4.69) is 21.2 Å². The van der Waals surface area contributed by atoms with Crippen LogP contribution in [0.15, 0.2) is 28.7 Å². The second-order valence-electron chi connectivity index (χ2n) is 4.31. The Morgan fingerprint density at radius 1 is 1.53 bits per heavy atom. The minimum atomic E-state index is -0.611. The van der Waals surface area contributed by atoms with E-state index in [1.165, 1.54) is 7.11 Å². The van der Waals surface area contributed by atoms with Gasteiger partial charge >= 0.3 is 0 Å². The van der Waals surface area contributed by atoms with Crippen molar-refractivity contribution >= 4 is 34.2 Å². The zero-order chi connectivity index (χ0) is 13.5. The molecule has 19 heavy (non-hydrogen) atoms. The van der Waals surface area contributed by atoms with E-state index in [1.807, 2.05) is 31.2 Å². The first-order chi connectivity index (χ1) is 8.52. The van der Waals surface area contributed by atoms with E-state index in [-0.39, 0.29) is 31.0 Å². The van der Waals surface area contributed by atoms with Gasteiger partial charge in [-0.2, -0.15) is 0 Å². The van der Waals surface area contributed by atoms with Crippen LogP contribution in [0.4, 0.5) is 0 Å². The zero-order valence-corrected chi connectivity index (χ0v) is 13.5. The van der Waals surface area contributed by atoms with Crippen molar-refractivity contribution in [2.75, 3.05) is 13.7 Å². The number of carbonyl (C=O) groups is 1. The highest BCUT2D eigenvalue weighted by molar-refractivity contribution is 9.10. The molecule has 0 spiro atoms. The fourth-order valence-electron chi connectivity index (χ4n) is 1.67. The smallest absolute Gasteiger partial charge is 0.239 e. The van der Waals surface area contributed by atoms with Crippen LogP contribution in [0.1, 0.15) is 12.5 Å². The number of nitrogens with two attached hydrogens (primary N) is 1. The summed E-state index contributed by atoms with van der Waals surface area (Å²) in [5.41, 5.74) is 6.81. The van der Waals surface area contributed by atoms with Crippen molar-refractivity contribution in [1.29, 1.82) is 0 Å². The quantitative estimate of drug-likeness (QED) is 0.822. The Hall–Kier alpha value is -0.620. The highest BCUT2D eigenvalue weighted by Gasteiger charge is 2.15. The van der Waals surface area contributed by atoms with Gasteiger partial charge < -0.3 is 15.8 Å². The summed E-state index contributed by atoms with van der Waals surface area (Å²) in [7, 11) is 1.53. The van der Waals surface area contributed by atoms with Crippen molar-refractivity contribution in [3.63, 3.8) is 0 Å². The summed E-state index contributed by atoms with van der Waals surface area (Å²) in [4.78, 5) is 11.7. The van der Waals surface area contributed by atoms with E-state index in [1.54, 1.807) is 0 Å². The standard InChI is InChI=1S/C13H19BrN2O2.ClH/c1-9(16-13(17)12(15)8-18-2)6-10-4-3-5-11(14)7-10;/h3-5,7,9,12H,6,8,15H2,1-2H3,(H,16,17);1H. The molecule has 0 aromatic heterocycles. The maximum absolute atomic E-state index is 11.7. The summed E-state index contributed by atoms with van der Waals surface area (Å²) in [6.07, 6.45) is 0.769. The lowest BCUT2D eigenvalue weighted by molar-refractivity contribution is -0.124. The average molecular weight is 352 g/mol. The Labute approximate surface area is 128 Å². The molecule has 0 fully saturated rings. The highest BCUT2D eigenvalue weighted by atomic mass is 79.9. The number of ether oxygens (including phenoxy) is 1. The predicted molar refractivity (Wildman–Crippen MR) is 82.6 cm³/mol. The van der Waals surface area contributed by atoms with Gasteiger partial charge in [0.1, 0.15) is 6.04 Å². The first-order valence-electron chi connectivity index (χ1n) is 5.82. The molecule has 2 unspecified atom stereocenters. The highest BCUT2D eigenvalue weighted by Crippen LogP contribution is 2.13. The van der Waals surface area contributed by atoms with Gasteiger partial charge in [-0.25, -0.2) is 0 Å². The number of hydrogen-bond donors (Lipinski definition) is 2. The van der Waals surface area contributed by atoms with Gasteiger partial charge in [-0.1, -0.05) is 28.1 Å². The minimum absolute atomic E-state index is 0. The van der Waals surface area contributed by atoms with Crippen LogP contribution < -0.4 is 11.1 Å². The molecule has 0 saturated heterocycles. The summed E-state index contributed by atoms with van der Waals surface area (Å²) >= 11 is 3.42. The molecule has 0 aliphatic carbocycles. The first-order valence-corrected chi connectivity index (χ1v) is 6.61. The van der Waals surface area contributed by atoms with Crippen LogP contribution in [0, 0.1) is 0 Å². The van der Waals surface area contributed by atoms with Gasteiger partial charge in [0.2, 0.25) is 5.91 Å². The molecule has 0 aliphatic heterocycles. The number of hydrogen-bond acceptors (Lipinski definition) is 3. The fourth-order valence-corrected chi connectivity index (χ4v) is 2.12. The van der Waals surface area contributed by atoms with Gasteiger partial charge in [0.15, 0.2) is 0 Å². The second kappa shape index (κ2) is 9.31. The van der Waals surface area contributed by atoms with Crippen LogP contribution in [0.2, 0.25) is 0 Å². The third-order valence-electron chi connectivity index (χ3n) is 2.50. The number of methoxy groups -OCH3 is 1. The lowest BCUT2D eigenvalue weighted by Gasteiger charge is -2.17. The Bertz CT molecular complexity index is 404. The molecule has 1 amide bonds. The topological polar surface area (TPSA) is 64.3 Å². The molecule has 6 heteroatoms. The number of amides is 1. The van der Waals surface area contributed by atoms with Gasteiger partial charge in [0, 0.05) is 17.6 Å². The predicted octanol–water partition coefficient (Wildman–Crippen LogP) is 1.89. The molecular weight excluding hydrogens is 332 g/mol. The van der Waals surface area contributed by atoms with Crippen molar-refractivity contribution < 1.29 is 9.53 Å². The molecule has 0 saturated carbocycles. The third kappa shape index (κ3) is 6.92. The molecule has 1 aromatic carbocycles.